The Labute approximate surface area is 78.7 Å². The summed E-state index contributed by atoms with van der Waals surface area (Å²) in [5, 5.41) is 0. The van der Waals surface area contributed by atoms with E-state index in [2.05, 4.69) is 6.33 Å². The number of hydrogen-bond acceptors (Lipinski definition) is 2. The second-order valence-electron chi connectivity index (χ2n) is 2.77. The van der Waals surface area contributed by atoms with Crippen molar-refractivity contribution >= 4 is 0 Å². The molecule has 4 heteroatoms. The van der Waals surface area contributed by atoms with Crippen LogP contribution in [0.4, 0.5) is 0 Å². The Morgan fingerprint density at radius 3 is 2.77 bits per heavy atom. The summed E-state index contributed by atoms with van der Waals surface area (Å²) in [5.74, 6) is 0. The minimum atomic E-state index is 0.718. The second kappa shape index (κ2) is 5.72. The van der Waals surface area contributed by atoms with E-state index in [-0.39, 0.29) is 0 Å². The van der Waals surface area contributed by atoms with Crippen molar-refractivity contribution in [3.63, 3.8) is 0 Å². The number of aromatic nitrogens is 2. The van der Waals surface area contributed by atoms with Crippen molar-refractivity contribution in [1.82, 2.24) is 4.57 Å². The fourth-order valence-corrected chi connectivity index (χ4v) is 1.02. The van der Waals surface area contributed by atoms with Crippen LogP contribution in [-0.4, -0.2) is 32.0 Å². The van der Waals surface area contributed by atoms with Crippen LogP contribution in [0.2, 0.25) is 0 Å². The zero-order valence-corrected chi connectivity index (χ0v) is 8.19. The largest absolute Gasteiger partial charge is 0.381 e. The minimum Gasteiger partial charge on any atom is -0.381 e. The molecule has 0 aromatic carbocycles. The molecule has 1 aromatic rings. The molecule has 0 fully saturated rings. The van der Waals surface area contributed by atoms with Crippen LogP contribution < -0.4 is 4.57 Å². The number of imidazole rings is 1. The van der Waals surface area contributed by atoms with Gasteiger partial charge in [-0.2, -0.15) is 0 Å². The Kier molecular flexibility index (Phi) is 4.49. The molecule has 0 saturated heterocycles. The molecule has 0 spiro atoms. The van der Waals surface area contributed by atoms with Crippen LogP contribution in [0.5, 0.6) is 0 Å². The molecule has 4 nitrogen and oxygen atoms in total. The summed E-state index contributed by atoms with van der Waals surface area (Å²) in [5.41, 5.74) is 0. The van der Waals surface area contributed by atoms with E-state index in [9.17, 15) is 0 Å². The number of methoxy groups -OCH3 is 2. The van der Waals surface area contributed by atoms with Crippen molar-refractivity contribution in [2.24, 2.45) is 0 Å². The number of rotatable bonds is 6. The SMILES string of the molecule is COCCn1[c-][n+](CCOC)cc1. The van der Waals surface area contributed by atoms with Crippen LogP contribution in [0.15, 0.2) is 12.4 Å². The van der Waals surface area contributed by atoms with E-state index in [1.807, 2.05) is 21.5 Å². The average molecular weight is 184 g/mol. The first-order chi connectivity index (χ1) is 6.36. The van der Waals surface area contributed by atoms with Gasteiger partial charge in [0.25, 0.3) is 0 Å². The monoisotopic (exact) mass is 184 g/mol. The first-order valence-electron chi connectivity index (χ1n) is 4.32. The van der Waals surface area contributed by atoms with Gasteiger partial charge < -0.3 is 18.6 Å². The summed E-state index contributed by atoms with van der Waals surface area (Å²) >= 11 is 0. The molecule has 1 aromatic heterocycles. The quantitative estimate of drug-likeness (QED) is 0.455. The van der Waals surface area contributed by atoms with E-state index < -0.39 is 0 Å². The Bertz CT molecular complexity index is 213. The first-order valence-corrected chi connectivity index (χ1v) is 4.32. The molecule has 0 N–H and O–H groups in total. The molecule has 0 atom stereocenters. The predicted molar refractivity (Wildman–Crippen MR) is 47.2 cm³/mol. The Morgan fingerprint density at radius 1 is 1.31 bits per heavy atom. The number of ether oxygens (including phenoxy) is 2. The van der Waals surface area contributed by atoms with E-state index in [0.29, 0.717) is 0 Å². The summed E-state index contributed by atoms with van der Waals surface area (Å²) in [6, 6.07) is 0. The molecular weight excluding hydrogens is 168 g/mol. The van der Waals surface area contributed by atoms with Crippen molar-refractivity contribution in [1.29, 1.82) is 0 Å². The van der Waals surface area contributed by atoms with Gasteiger partial charge in [-0.05, 0) is 12.4 Å². The molecule has 1 rings (SSSR count). The molecule has 0 saturated carbocycles. The van der Waals surface area contributed by atoms with Crippen LogP contribution >= 0.6 is 0 Å². The zero-order valence-electron chi connectivity index (χ0n) is 8.19. The Balaban J connectivity index is 2.34. The van der Waals surface area contributed by atoms with Crippen LogP contribution in [0.3, 0.4) is 0 Å². The first kappa shape index (κ1) is 10.2. The standard InChI is InChI=1S/C9H16N2O2/c1-12-7-5-10-3-4-11(9-10)6-8-13-2/h3-4H,5-8H2,1-2H3. The highest BCUT2D eigenvalue weighted by atomic mass is 16.5. The summed E-state index contributed by atoms with van der Waals surface area (Å²) in [4.78, 5) is 0. The van der Waals surface area contributed by atoms with Gasteiger partial charge in [-0.3, -0.25) is 0 Å². The van der Waals surface area contributed by atoms with Crippen LogP contribution in [0.1, 0.15) is 0 Å². The maximum absolute atomic E-state index is 4.96. The normalized spacial score (nSPS) is 10.6. The molecule has 0 bridgehead atoms. The maximum atomic E-state index is 4.96. The Morgan fingerprint density at radius 2 is 2.08 bits per heavy atom. The summed E-state index contributed by atoms with van der Waals surface area (Å²) in [6.07, 6.45) is 7.12. The molecule has 13 heavy (non-hydrogen) atoms. The maximum Gasteiger partial charge on any atom is 0.204 e. The van der Waals surface area contributed by atoms with Gasteiger partial charge in [0.1, 0.15) is 0 Å². The van der Waals surface area contributed by atoms with Crippen LogP contribution in [0, 0.1) is 6.33 Å². The molecule has 0 radical (unpaired) electrons. The zero-order chi connectivity index (χ0) is 9.52. The lowest BCUT2D eigenvalue weighted by Crippen LogP contribution is -2.34. The van der Waals surface area contributed by atoms with Gasteiger partial charge in [-0.25, -0.2) is 0 Å². The predicted octanol–water partition coefficient (Wildman–Crippen LogP) is -0.131. The fourth-order valence-electron chi connectivity index (χ4n) is 1.02. The topological polar surface area (TPSA) is 27.3 Å². The van der Waals surface area contributed by atoms with Crippen molar-refractivity contribution < 1.29 is 14.0 Å². The van der Waals surface area contributed by atoms with Gasteiger partial charge in [0.05, 0.1) is 26.3 Å². The molecule has 0 aliphatic heterocycles. The lowest BCUT2D eigenvalue weighted by atomic mass is 10.7. The summed E-state index contributed by atoms with van der Waals surface area (Å²) in [6.45, 7) is 3.12. The van der Waals surface area contributed by atoms with Crippen molar-refractivity contribution in [3.8, 4) is 0 Å². The summed E-state index contributed by atoms with van der Waals surface area (Å²) in [7, 11) is 3.39. The summed E-state index contributed by atoms with van der Waals surface area (Å²) < 4.78 is 13.9. The third kappa shape index (κ3) is 3.57. The molecular formula is C9H16N2O2. The third-order valence-electron chi connectivity index (χ3n) is 1.76. The van der Waals surface area contributed by atoms with Gasteiger partial charge in [-0.15, -0.1) is 0 Å². The van der Waals surface area contributed by atoms with Gasteiger partial charge in [0.15, 0.2) is 0 Å². The highest BCUT2D eigenvalue weighted by Crippen LogP contribution is 1.84. The molecule has 0 amide bonds. The van der Waals surface area contributed by atoms with Crippen molar-refractivity contribution in [3.05, 3.63) is 18.7 Å². The Hall–Kier alpha value is -0.870. The fraction of sp³-hybridized carbons (Fsp3) is 0.667. The smallest absolute Gasteiger partial charge is 0.204 e. The number of nitrogens with zero attached hydrogens (tertiary/aromatic N) is 2. The van der Waals surface area contributed by atoms with Gasteiger partial charge in [-0.1, -0.05) is 0 Å². The van der Waals surface area contributed by atoms with Gasteiger partial charge in [0.2, 0.25) is 6.33 Å². The second-order valence-corrected chi connectivity index (χ2v) is 2.77. The van der Waals surface area contributed by atoms with Gasteiger partial charge >= 0.3 is 0 Å². The van der Waals surface area contributed by atoms with E-state index in [4.69, 9.17) is 9.47 Å². The van der Waals surface area contributed by atoms with E-state index in [1.54, 1.807) is 14.2 Å². The minimum absolute atomic E-state index is 0.718. The van der Waals surface area contributed by atoms with E-state index >= 15 is 0 Å². The molecule has 0 aliphatic rings. The molecule has 1 heterocycles. The lowest BCUT2D eigenvalue weighted by molar-refractivity contribution is -0.701. The van der Waals surface area contributed by atoms with Crippen LogP contribution in [-0.2, 0) is 22.6 Å². The van der Waals surface area contributed by atoms with Crippen molar-refractivity contribution in [2.75, 3.05) is 27.4 Å². The van der Waals surface area contributed by atoms with Gasteiger partial charge in [0, 0.05) is 14.2 Å². The van der Waals surface area contributed by atoms with Crippen LogP contribution in [0.25, 0.3) is 0 Å². The highest BCUT2D eigenvalue weighted by Gasteiger charge is 1.94. The average Bonchev–Trinajstić information content (AvgIpc) is 2.59. The van der Waals surface area contributed by atoms with E-state index in [0.717, 1.165) is 26.3 Å². The lowest BCUT2D eigenvalue weighted by Gasteiger charge is -2.00. The number of hydrogen-bond donors (Lipinski definition) is 0. The molecule has 0 unspecified atom stereocenters. The molecule has 0 aliphatic carbocycles. The van der Waals surface area contributed by atoms with Crippen molar-refractivity contribution in [2.45, 2.75) is 13.1 Å². The van der Waals surface area contributed by atoms with E-state index in [1.165, 1.54) is 0 Å². The highest BCUT2D eigenvalue weighted by molar-refractivity contribution is 4.64. The third-order valence-corrected chi connectivity index (χ3v) is 1.76. The molecule has 74 valence electrons.